The highest BCUT2D eigenvalue weighted by Gasteiger charge is 2.09. The van der Waals surface area contributed by atoms with Gasteiger partial charge in [-0.15, -0.1) is 10.2 Å². The zero-order valence-electron chi connectivity index (χ0n) is 11.6. The Kier molecular flexibility index (Phi) is 3.33. The van der Waals surface area contributed by atoms with Crippen LogP contribution in [0.4, 0.5) is 0 Å². The number of fused-ring (bicyclic) bond motifs is 1. The number of rotatable bonds is 3. The molecule has 2 aromatic carbocycles. The highest BCUT2D eigenvalue weighted by atomic mass is 32.2. The zero-order chi connectivity index (χ0) is 14.8. The third-order valence-electron chi connectivity index (χ3n) is 3.27. The molecule has 0 aliphatic carbocycles. The van der Waals surface area contributed by atoms with E-state index >= 15 is 0 Å². The van der Waals surface area contributed by atoms with Crippen molar-refractivity contribution in [2.24, 2.45) is 0 Å². The van der Waals surface area contributed by atoms with E-state index in [1.165, 1.54) is 0 Å². The van der Waals surface area contributed by atoms with Crippen molar-refractivity contribution in [2.45, 2.75) is 9.92 Å². The molecule has 0 amide bonds. The first-order valence-corrected chi connectivity index (χ1v) is 7.71. The third-order valence-corrected chi connectivity index (χ3v) is 4.21. The SMILES string of the molecule is c1ccc(Sc2cc3nnc(-c4ccccc4)n3cn2)cc1. The standard InChI is InChI=1S/C17H12N4S/c1-3-7-13(8-4-1)17-20-19-15-11-16(18-12-21(15)17)22-14-9-5-2-6-10-14/h1-12H. The average molecular weight is 304 g/mol. The highest BCUT2D eigenvalue weighted by Crippen LogP contribution is 2.27. The Morgan fingerprint density at radius 1 is 0.818 bits per heavy atom. The molecule has 2 heterocycles. The molecule has 5 heteroatoms. The molecular weight excluding hydrogens is 292 g/mol. The van der Waals surface area contributed by atoms with E-state index in [-0.39, 0.29) is 0 Å². The second kappa shape index (κ2) is 5.61. The van der Waals surface area contributed by atoms with Gasteiger partial charge in [-0.2, -0.15) is 0 Å². The first-order chi connectivity index (χ1) is 10.9. The van der Waals surface area contributed by atoms with Crippen LogP contribution < -0.4 is 0 Å². The second-order valence-electron chi connectivity index (χ2n) is 4.76. The van der Waals surface area contributed by atoms with Crippen LogP contribution in [0.5, 0.6) is 0 Å². The summed E-state index contributed by atoms with van der Waals surface area (Å²) in [5.41, 5.74) is 1.83. The van der Waals surface area contributed by atoms with Crippen LogP contribution in [-0.4, -0.2) is 19.6 Å². The van der Waals surface area contributed by atoms with Crippen molar-refractivity contribution in [1.82, 2.24) is 19.6 Å². The molecule has 106 valence electrons. The smallest absolute Gasteiger partial charge is 0.169 e. The summed E-state index contributed by atoms with van der Waals surface area (Å²) >= 11 is 1.62. The molecule has 4 aromatic rings. The van der Waals surface area contributed by atoms with Crippen molar-refractivity contribution in [2.75, 3.05) is 0 Å². The van der Waals surface area contributed by atoms with Crippen molar-refractivity contribution >= 4 is 17.4 Å². The van der Waals surface area contributed by atoms with Crippen LogP contribution in [0.2, 0.25) is 0 Å². The fourth-order valence-corrected chi connectivity index (χ4v) is 3.03. The van der Waals surface area contributed by atoms with Crippen molar-refractivity contribution in [1.29, 1.82) is 0 Å². The Morgan fingerprint density at radius 2 is 1.55 bits per heavy atom. The molecule has 0 atom stereocenters. The number of nitrogens with zero attached hydrogens (tertiary/aromatic N) is 4. The van der Waals surface area contributed by atoms with E-state index in [2.05, 4.69) is 27.3 Å². The van der Waals surface area contributed by atoms with Crippen LogP contribution in [0, 0.1) is 0 Å². The average Bonchev–Trinajstić information content (AvgIpc) is 3.00. The number of benzene rings is 2. The molecule has 4 nitrogen and oxygen atoms in total. The minimum atomic E-state index is 0.798. The van der Waals surface area contributed by atoms with Crippen molar-refractivity contribution < 1.29 is 0 Å². The maximum atomic E-state index is 4.51. The second-order valence-corrected chi connectivity index (χ2v) is 5.85. The van der Waals surface area contributed by atoms with Gasteiger partial charge in [-0.05, 0) is 12.1 Å². The predicted molar refractivity (Wildman–Crippen MR) is 86.8 cm³/mol. The number of aromatic nitrogens is 4. The van der Waals surface area contributed by atoms with Gasteiger partial charge in [0.25, 0.3) is 0 Å². The van der Waals surface area contributed by atoms with E-state index in [9.17, 15) is 0 Å². The van der Waals surface area contributed by atoms with Gasteiger partial charge in [-0.3, -0.25) is 4.40 Å². The fourth-order valence-electron chi connectivity index (χ4n) is 2.23. The van der Waals surface area contributed by atoms with Crippen LogP contribution >= 0.6 is 11.8 Å². The Bertz CT molecular complexity index is 904. The highest BCUT2D eigenvalue weighted by molar-refractivity contribution is 7.99. The quantitative estimate of drug-likeness (QED) is 0.538. The zero-order valence-corrected chi connectivity index (χ0v) is 12.4. The summed E-state index contributed by atoms with van der Waals surface area (Å²) in [6, 6.07) is 22.1. The number of hydrogen-bond acceptors (Lipinski definition) is 4. The summed E-state index contributed by atoms with van der Waals surface area (Å²) in [4.78, 5) is 5.66. The largest absolute Gasteiger partial charge is 0.265 e. The van der Waals surface area contributed by atoms with Gasteiger partial charge in [0.05, 0.1) is 0 Å². The van der Waals surface area contributed by atoms with Gasteiger partial charge in [0.1, 0.15) is 11.4 Å². The lowest BCUT2D eigenvalue weighted by atomic mass is 10.2. The predicted octanol–water partition coefficient (Wildman–Crippen LogP) is 3.94. The molecule has 0 unspecified atom stereocenters. The van der Waals surface area contributed by atoms with Gasteiger partial charge < -0.3 is 0 Å². The van der Waals surface area contributed by atoms with E-state index in [1.54, 1.807) is 18.1 Å². The molecule has 22 heavy (non-hydrogen) atoms. The summed E-state index contributed by atoms with van der Waals surface area (Å²) in [5.74, 6) is 0.805. The molecule has 0 bridgehead atoms. The maximum Gasteiger partial charge on any atom is 0.169 e. The van der Waals surface area contributed by atoms with Gasteiger partial charge >= 0.3 is 0 Å². The van der Waals surface area contributed by atoms with E-state index in [0.717, 1.165) is 27.0 Å². The lowest BCUT2D eigenvalue weighted by Gasteiger charge is -2.02. The summed E-state index contributed by atoms with van der Waals surface area (Å²) in [7, 11) is 0. The van der Waals surface area contributed by atoms with Crippen molar-refractivity contribution in [3.63, 3.8) is 0 Å². The minimum Gasteiger partial charge on any atom is -0.265 e. The third kappa shape index (κ3) is 2.46. The minimum absolute atomic E-state index is 0.798. The Balaban J connectivity index is 1.71. The molecule has 0 radical (unpaired) electrons. The number of hydrogen-bond donors (Lipinski definition) is 0. The molecule has 0 saturated heterocycles. The molecular formula is C17H12N4S. The van der Waals surface area contributed by atoms with Crippen LogP contribution in [-0.2, 0) is 0 Å². The van der Waals surface area contributed by atoms with E-state index < -0.39 is 0 Å². The van der Waals surface area contributed by atoms with E-state index in [0.29, 0.717) is 0 Å². The Hall–Kier alpha value is -2.66. The van der Waals surface area contributed by atoms with Crippen LogP contribution in [0.3, 0.4) is 0 Å². The van der Waals surface area contributed by atoms with Gasteiger partial charge in [-0.25, -0.2) is 4.98 Å². The summed E-state index contributed by atoms with van der Waals surface area (Å²) in [6.45, 7) is 0. The molecule has 4 rings (SSSR count). The first-order valence-electron chi connectivity index (χ1n) is 6.89. The van der Waals surface area contributed by atoms with Crippen LogP contribution in [0.1, 0.15) is 0 Å². The molecule has 0 spiro atoms. The van der Waals surface area contributed by atoms with Gasteiger partial charge in [-0.1, -0.05) is 60.3 Å². The van der Waals surface area contributed by atoms with Gasteiger partial charge in [0, 0.05) is 16.5 Å². The monoisotopic (exact) mass is 304 g/mol. The molecule has 0 saturated carbocycles. The van der Waals surface area contributed by atoms with E-state index in [1.807, 2.05) is 59.0 Å². The lowest BCUT2D eigenvalue weighted by Crippen LogP contribution is -1.92. The molecule has 2 aromatic heterocycles. The van der Waals surface area contributed by atoms with Crippen molar-refractivity contribution in [3.8, 4) is 11.4 Å². The molecule has 0 aliphatic heterocycles. The Morgan fingerprint density at radius 3 is 2.32 bits per heavy atom. The lowest BCUT2D eigenvalue weighted by molar-refractivity contribution is 1.01. The topological polar surface area (TPSA) is 43.1 Å². The van der Waals surface area contributed by atoms with Crippen LogP contribution in [0.15, 0.2) is 83.0 Å². The van der Waals surface area contributed by atoms with Crippen LogP contribution in [0.25, 0.3) is 17.0 Å². The molecule has 0 aliphatic rings. The first kappa shape index (κ1) is 13.0. The summed E-state index contributed by atoms with van der Waals surface area (Å²) in [6.07, 6.45) is 1.78. The molecule has 0 N–H and O–H groups in total. The summed E-state index contributed by atoms with van der Waals surface area (Å²) < 4.78 is 1.91. The fraction of sp³-hybridized carbons (Fsp3) is 0. The van der Waals surface area contributed by atoms with E-state index in [4.69, 9.17) is 0 Å². The normalized spacial score (nSPS) is 10.9. The summed E-state index contributed by atoms with van der Waals surface area (Å²) in [5, 5.41) is 9.44. The van der Waals surface area contributed by atoms with Gasteiger partial charge in [0.15, 0.2) is 11.5 Å². The van der Waals surface area contributed by atoms with Crippen molar-refractivity contribution in [3.05, 3.63) is 73.1 Å². The van der Waals surface area contributed by atoms with Gasteiger partial charge in [0.2, 0.25) is 0 Å². The maximum absolute atomic E-state index is 4.51. The molecule has 0 fully saturated rings. The Labute approximate surface area is 131 Å².